The minimum absolute atomic E-state index is 0.720. The summed E-state index contributed by atoms with van der Waals surface area (Å²) in [7, 11) is 0. The van der Waals surface area contributed by atoms with Crippen LogP contribution in [0.15, 0.2) is 182 Å². The number of aromatic nitrogens is 4. The van der Waals surface area contributed by atoms with Gasteiger partial charge in [0, 0.05) is 38.4 Å². The Morgan fingerprint density at radius 1 is 0.288 bits per heavy atom. The number of benzene rings is 7. The van der Waals surface area contributed by atoms with Crippen LogP contribution < -0.4 is 0 Å². The summed E-state index contributed by atoms with van der Waals surface area (Å²) in [5.41, 5.74) is 12.0. The summed E-state index contributed by atoms with van der Waals surface area (Å²) in [6.45, 7) is 0. The van der Waals surface area contributed by atoms with Crippen LogP contribution in [-0.4, -0.2) is 19.9 Å². The van der Waals surface area contributed by atoms with Gasteiger partial charge in [-0.3, -0.25) is 0 Å². The molecule has 7 aromatic carbocycles. The molecular formula is C48H30N4. The third-order valence-corrected chi connectivity index (χ3v) is 9.83. The first kappa shape index (κ1) is 29.8. The number of rotatable bonds is 5. The lowest BCUT2D eigenvalue weighted by atomic mass is 9.97. The topological polar surface area (TPSA) is 51.6 Å². The zero-order valence-electron chi connectivity index (χ0n) is 28.1. The van der Waals surface area contributed by atoms with Crippen LogP contribution >= 0.6 is 0 Å². The van der Waals surface area contributed by atoms with Crippen LogP contribution in [-0.2, 0) is 0 Å². The zero-order valence-corrected chi connectivity index (χ0v) is 28.1. The first-order chi connectivity index (χ1) is 25.7. The van der Waals surface area contributed by atoms with Crippen LogP contribution in [0.2, 0.25) is 0 Å². The lowest BCUT2D eigenvalue weighted by molar-refractivity contribution is 1.23. The van der Waals surface area contributed by atoms with Gasteiger partial charge in [-0.05, 0) is 58.3 Å². The quantitative estimate of drug-likeness (QED) is 0.172. The molecule has 4 nitrogen and oxygen atoms in total. The van der Waals surface area contributed by atoms with Gasteiger partial charge in [0.25, 0.3) is 0 Å². The van der Waals surface area contributed by atoms with Gasteiger partial charge in [-0.15, -0.1) is 0 Å². The van der Waals surface area contributed by atoms with Crippen LogP contribution in [0.3, 0.4) is 0 Å². The van der Waals surface area contributed by atoms with Gasteiger partial charge in [0.1, 0.15) is 0 Å². The summed E-state index contributed by atoms with van der Waals surface area (Å²) in [6.07, 6.45) is 0. The van der Waals surface area contributed by atoms with Gasteiger partial charge in [-0.1, -0.05) is 146 Å². The van der Waals surface area contributed by atoms with E-state index in [1.807, 2.05) is 42.5 Å². The Labute approximate surface area is 300 Å². The molecule has 0 atom stereocenters. The minimum atomic E-state index is 0.720. The first-order valence-corrected chi connectivity index (χ1v) is 17.5. The van der Waals surface area contributed by atoms with E-state index in [0.29, 0.717) is 0 Å². The molecule has 0 saturated carbocycles. The SMILES string of the molecule is c1ccc(-c2ccc3ccc4ccc(-c5ccc6cc(-c7ccc8c(-c9ccccc9)nc(-c9ccccc9)nc8c7)ccc6c5)nc4c3n2)cc1. The van der Waals surface area contributed by atoms with E-state index in [4.69, 9.17) is 19.9 Å². The molecule has 3 heterocycles. The molecule has 0 aliphatic heterocycles. The van der Waals surface area contributed by atoms with Gasteiger partial charge in [0.15, 0.2) is 5.82 Å². The molecule has 0 aliphatic rings. The average Bonchev–Trinajstić information content (AvgIpc) is 3.23. The molecule has 10 aromatic rings. The van der Waals surface area contributed by atoms with E-state index in [0.717, 1.165) is 94.4 Å². The van der Waals surface area contributed by atoms with Crippen LogP contribution in [0.5, 0.6) is 0 Å². The molecule has 0 bridgehead atoms. The van der Waals surface area contributed by atoms with Crippen LogP contribution in [0.1, 0.15) is 0 Å². The van der Waals surface area contributed by atoms with Crippen molar-refractivity contribution in [2.24, 2.45) is 0 Å². The van der Waals surface area contributed by atoms with E-state index in [2.05, 4.69) is 140 Å². The molecular weight excluding hydrogens is 633 g/mol. The van der Waals surface area contributed by atoms with Crippen molar-refractivity contribution >= 4 is 43.5 Å². The molecule has 0 saturated heterocycles. The van der Waals surface area contributed by atoms with Crippen molar-refractivity contribution in [1.29, 1.82) is 0 Å². The number of hydrogen-bond acceptors (Lipinski definition) is 4. The Balaban J connectivity index is 1.03. The highest BCUT2D eigenvalue weighted by molar-refractivity contribution is 6.04. The normalized spacial score (nSPS) is 11.5. The summed E-state index contributed by atoms with van der Waals surface area (Å²) < 4.78 is 0. The summed E-state index contributed by atoms with van der Waals surface area (Å²) in [6, 6.07) is 63.3. The van der Waals surface area contributed by atoms with Crippen LogP contribution in [0.25, 0.3) is 99.8 Å². The van der Waals surface area contributed by atoms with Crippen molar-refractivity contribution in [3.63, 3.8) is 0 Å². The number of pyridine rings is 2. The summed E-state index contributed by atoms with van der Waals surface area (Å²) >= 11 is 0. The minimum Gasteiger partial charge on any atom is -0.245 e. The predicted octanol–water partition coefficient (Wildman–Crippen LogP) is 12.2. The maximum Gasteiger partial charge on any atom is 0.160 e. The molecule has 0 fully saturated rings. The molecule has 0 unspecified atom stereocenters. The van der Waals surface area contributed by atoms with Crippen molar-refractivity contribution in [2.45, 2.75) is 0 Å². The maximum atomic E-state index is 5.19. The highest BCUT2D eigenvalue weighted by Crippen LogP contribution is 2.34. The number of hydrogen-bond donors (Lipinski definition) is 0. The molecule has 0 radical (unpaired) electrons. The van der Waals surface area contributed by atoms with Crippen LogP contribution in [0, 0.1) is 0 Å². The number of nitrogens with zero attached hydrogens (tertiary/aromatic N) is 4. The zero-order chi connectivity index (χ0) is 34.4. The number of fused-ring (bicyclic) bond motifs is 5. The molecule has 0 spiro atoms. The Morgan fingerprint density at radius 3 is 1.42 bits per heavy atom. The second-order valence-electron chi connectivity index (χ2n) is 13.1. The van der Waals surface area contributed by atoms with Crippen molar-refractivity contribution in [1.82, 2.24) is 19.9 Å². The van der Waals surface area contributed by atoms with Crippen molar-refractivity contribution in [2.75, 3.05) is 0 Å². The largest absolute Gasteiger partial charge is 0.245 e. The van der Waals surface area contributed by atoms with Crippen molar-refractivity contribution < 1.29 is 0 Å². The first-order valence-electron chi connectivity index (χ1n) is 17.5. The van der Waals surface area contributed by atoms with E-state index in [9.17, 15) is 0 Å². The smallest absolute Gasteiger partial charge is 0.160 e. The fraction of sp³-hybridized carbons (Fsp3) is 0. The van der Waals surface area contributed by atoms with Crippen LogP contribution in [0.4, 0.5) is 0 Å². The summed E-state index contributed by atoms with van der Waals surface area (Å²) in [5.74, 6) is 0.720. The molecule has 10 rings (SSSR count). The Bertz CT molecular complexity index is 2940. The molecule has 52 heavy (non-hydrogen) atoms. The molecule has 0 N–H and O–H groups in total. The van der Waals surface area contributed by atoms with E-state index >= 15 is 0 Å². The van der Waals surface area contributed by atoms with E-state index in [1.54, 1.807) is 0 Å². The van der Waals surface area contributed by atoms with Gasteiger partial charge < -0.3 is 0 Å². The molecule has 3 aromatic heterocycles. The highest BCUT2D eigenvalue weighted by Gasteiger charge is 2.14. The van der Waals surface area contributed by atoms with Crippen molar-refractivity contribution in [3.8, 4) is 56.3 Å². The Kier molecular flexibility index (Phi) is 7.10. The second kappa shape index (κ2) is 12.4. The summed E-state index contributed by atoms with van der Waals surface area (Å²) in [5, 5.41) is 5.51. The van der Waals surface area contributed by atoms with Gasteiger partial charge in [-0.25, -0.2) is 19.9 Å². The van der Waals surface area contributed by atoms with Gasteiger partial charge in [0.2, 0.25) is 0 Å². The summed E-state index contributed by atoms with van der Waals surface area (Å²) in [4.78, 5) is 20.4. The van der Waals surface area contributed by atoms with E-state index in [1.165, 1.54) is 5.39 Å². The van der Waals surface area contributed by atoms with Gasteiger partial charge in [-0.2, -0.15) is 0 Å². The standard InChI is InChI=1S/C48H30N4/c1-4-10-31(11-5-1)42-26-23-33-16-17-34-24-27-43(50-47(34)46(33)49-42)40-21-20-36-28-37(18-19-38(36)29-40)39-22-25-41-44(30-39)51-48(35-14-8-3-9-15-35)52-45(41)32-12-6-2-7-13-32/h1-30H. The molecule has 0 amide bonds. The lowest BCUT2D eigenvalue weighted by Gasteiger charge is -2.12. The lowest BCUT2D eigenvalue weighted by Crippen LogP contribution is -1.95. The van der Waals surface area contributed by atoms with Crippen molar-refractivity contribution in [3.05, 3.63) is 182 Å². The third kappa shape index (κ3) is 5.34. The fourth-order valence-corrected chi connectivity index (χ4v) is 7.12. The predicted molar refractivity (Wildman–Crippen MR) is 215 cm³/mol. The van der Waals surface area contributed by atoms with Gasteiger partial charge >= 0.3 is 0 Å². The van der Waals surface area contributed by atoms with Gasteiger partial charge in [0.05, 0.1) is 33.6 Å². The van der Waals surface area contributed by atoms with E-state index < -0.39 is 0 Å². The Hall–Kier alpha value is -7.04. The van der Waals surface area contributed by atoms with E-state index in [-0.39, 0.29) is 0 Å². The Morgan fingerprint density at radius 2 is 0.769 bits per heavy atom. The molecule has 242 valence electrons. The monoisotopic (exact) mass is 662 g/mol. The maximum absolute atomic E-state index is 5.19. The second-order valence-corrected chi connectivity index (χ2v) is 13.1. The highest BCUT2D eigenvalue weighted by atomic mass is 14.9. The molecule has 0 aliphatic carbocycles. The average molecular weight is 663 g/mol. The fourth-order valence-electron chi connectivity index (χ4n) is 7.12. The molecule has 4 heteroatoms. The third-order valence-electron chi connectivity index (χ3n) is 9.83.